The fourth-order valence-corrected chi connectivity index (χ4v) is 2.09. The van der Waals surface area contributed by atoms with Crippen LogP contribution in [0.5, 0.6) is 0 Å². The van der Waals surface area contributed by atoms with Gasteiger partial charge in [0.15, 0.2) is 0 Å². The van der Waals surface area contributed by atoms with Crippen molar-refractivity contribution in [3.8, 4) is 11.3 Å². The molecular formula is C13H11F6N3O. The number of halogens is 6. The number of hydrogen-bond acceptors (Lipinski definition) is 3. The van der Waals surface area contributed by atoms with Crippen LogP contribution in [0.25, 0.3) is 11.3 Å². The van der Waals surface area contributed by atoms with Crippen LogP contribution in [0.2, 0.25) is 0 Å². The van der Waals surface area contributed by atoms with Crippen molar-refractivity contribution in [2.75, 3.05) is 0 Å². The number of rotatable bonds is 3. The zero-order valence-electron chi connectivity index (χ0n) is 11.7. The van der Waals surface area contributed by atoms with Gasteiger partial charge < -0.3 is 5.11 Å². The van der Waals surface area contributed by atoms with Crippen molar-refractivity contribution in [1.82, 2.24) is 15.0 Å². The Balaban J connectivity index is 2.49. The van der Waals surface area contributed by atoms with E-state index in [2.05, 4.69) is 10.3 Å². The van der Waals surface area contributed by atoms with Crippen LogP contribution in [0, 0.1) is 0 Å². The lowest BCUT2D eigenvalue weighted by molar-refractivity contribution is -0.376. The zero-order valence-corrected chi connectivity index (χ0v) is 11.7. The van der Waals surface area contributed by atoms with Crippen LogP contribution in [0.1, 0.15) is 12.5 Å². The highest BCUT2D eigenvalue weighted by Gasteiger charge is 2.71. The minimum absolute atomic E-state index is 0.326. The average molecular weight is 339 g/mol. The van der Waals surface area contributed by atoms with Crippen molar-refractivity contribution in [2.24, 2.45) is 0 Å². The molecule has 1 aromatic heterocycles. The van der Waals surface area contributed by atoms with Gasteiger partial charge in [0.1, 0.15) is 0 Å². The number of aliphatic hydroxyl groups is 1. The zero-order chi connectivity index (χ0) is 17.5. The summed E-state index contributed by atoms with van der Waals surface area (Å²) in [5, 5.41) is 16.6. The molecule has 23 heavy (non-hydrogen) atoms. The average Bonchev–Trinajstić information content (AvgIpc) is 2.92. The maximum atomic E-state index is 12.8. The Labute approximate surface area is 126 Å². The molecule has 0 bridgehead atoms. The SMILES string of the molecule is CCn1nncc1-c1ccc(C(O)(C(F)(F)F)C(F)(F)F)cc1. The van der Waals surface area contributed by atoms with Crippen LogP contribution in [0.15, 0.2) is 30.5 Å². The van der Waals surface area contributed by atoms with Crippen LogP contribution in [0.4, 0.5) is 26.3 Å². The van der Waals surface area contributed by atoms with Crippen molar-refractivity contribution in [1.29, 1.82) is 0 Å². The van der Waals surface area contributed by atoms with E-state index in [1.807, 2.05) is 0 Å². The molecule has 0 saturated carbocycles. The lowest BCUT2D eigenvalue weighted by atomic mass is 9.91. The summed E-state index contributed by atoms with van der Waals surface area (Å²) in [5.41, 5.74) is -5.48. The first-order valence-corrected chi connectivity index (χ1v) is 6.37. The second-order valence-electron chi connectivity index (χ2n) is 4.72. The molecule has 1 heterocycles. The highest BCUT2D eigenvalue weighted by molar-refractivity contribution is 5.59. The molecule has 10 heteroatoms. The molecule has 0 saturated heterocycles. The summed E-state index contributed by atoms with van der Waals surface area (Å²) in [5.74, 6) is 0. The molecular weight excluding hydrogens is 328 g/mol. The van der Waals surface area contributed by atoms with Gasteiger partial charge in [-0.3, -0.25) is 0 Å². The predicted octanol–water partition coefficient (Wildman–Crippen LogP) is 3.28. The third kappa shape index (κ3) is 2.78. The molecule has 126 valence electrons. The quantitative estimate of drug-likeness (QED) is 0.873. The van der Waals surface area contributed by atoms with Crippen molar-refractivity contribution >= 4 is 0 Å². The van der Waals surface area contributed by atoms with E-state index in [0.717, 1.165) is 12.1 Å². The first-order valence-electron chi connectivity index (χ1n) is 6.37. The summed E-state index contributed by atoms with van der Waals surface area (Å²) in [6, 6.07) is 3.26. The van der Waals surface area contributed by atoms with Gasteiger partial charge in [0.2, 0.25) is 0 Å². The van der Waals surface area contributed by atoms with Gasteiger partial charge in [-0.25, -0.2) is 4.68 Å². The van der Waals surface area contributed by atoms with E-state index >= 15 is 0 Å². The van der Waals surface area contributed by atoms with Gasteiger partial charge in [-0.1, -0.05) is 29.5 Å². The number of alkyl halides is 6. The van der Waals surface area contributed by atoms with Gasteiger partial charge in [-0.15, -0.1) is 5.10 Å². The van der Waals surface area contributed by atoms with Crippen molar-refractivity contribution in [2.45, 2.75) is 31.4 Å². The highest BCUT2D eigenvalue weighted by atomic mass is 19.4. The smallest absolute Gasteiger partial charge is 0.369 e. The molecule has 1 N–H and O–H groups in total. The van der Waals surface area contributed by atoms with Crippen LogP contribution in [-0.2, 0) is 12.1 Å². The van der Waals surface area contributed by atoms with Gasteiger partial charge >= 0.3 is 12.4 Å². The molecule has 0 aliphatic carbocycles. The van der Waals surface area contributed by atoms with Crippen molar-refractivity contribution in [3.63, 3.8) is 0 Å². The molecule has 0 aliphatic rings. The summed E-state index contributed by atoms with van der Waals surface area (Å²) >= 11 is 0. The minimum Gasteiger partial charge on any atom is -0.369 e. The number of aryl methyl sites for hydroxylation is 1. The minimum atomic E-state index is -5.90. The molecule has 2 rings (SSSR count). The fourth-order valence-electron chi connectivity index (χ4n) is 2.09. The van der Waals surface area contributed by atoms with E-state index in [0.29, 0.717) is 29.9 Å². The topological polar surface area (TPSA) is 50.9 Å². The Morgan fingerprint density at radius 2 is 1.52 bits per heavy atom. The normalized spacial score (nSPS) is 13.4. The highest BCUT2D eigenvalue weighted by Crippen LogP contribution is 2.50. The molecule has 2 aromatic rings. The Bertz CT molecular complexity index is 660. The van der Waals surface area contributed by atoms with E-state index in [-0.39, 0.29) is 0 Å². The standard InChI is InChI=1S/C13H11F6N3O/c1-2-22-10(7-20-21-22)8-3-5-9(6-4-8)11(23,12(14,15)16)13(17,18)19/h3-7,23H,2H2,1H3. The van der Waals surface area contributed by atoms with E-state index in [1.54, 1.807) is 6.92 Å². The number of hydrogen-bond donors (Lipinski definition) is 1. The summed E-state index contributed by atoms with van der Waals surface area (Å²) in [4.78, 5) is 0. The van der Waals surface area contributed by atoms with Crippen molar-refractivity contribution < 1.29 is 31.4 Å². The van der Waals surface area contributed by atoms with Gasteiger partial charge in [-0.05, 0) is 6.92 Å². The van der Waals surface area contributed by atoms with E-state index < -0.39 is 23.5 Å². The third-order valence-electron chi connectivity index (χ3n) is 3.34. The summed E-state index contributed by atoms with van der Waals surface area (Å²) in [7, 11) is 0. The number of benzene rings is 1. The maximum absolute atomic E-state index is 12.8. The Hall–Kier alpha value is -2.10. The molecule has 0 unspecified atom stereocenters. The van der Waals surface area contributed by atoms with Crippen LogP contribution < -0.4 is 0 Å². The van der Waals surface area contributed by atoms with Crippen LogP contribution >= 0.6 is 0 Å². The van der Waals surface area contributed by atoms with Crippen LogP contribution in [0.3, 0.4) is 0 Å². The number of aromatic nitrogens is 3. The lowest BCUT2D eigenvalue weighted by Crippen LogP contribution is -2.53. The first kappa shape index (κ1) is 17.3. The first-order chi connectivity index (χ1) is 10.5. The Morgan fingerprint density at radius 3 is 1.96 bits per heavy atom. The summed E-state index contributed by atoms with van der Waals surface area (Å²) < 4.78 is 78.1. The molecule has 1 aromatic carbocycles. The maximum Gasteiger partial charge on any atom is 0.430 e. The number of nitrogens with zero attached hydrogens (tertiary/aromatic N) is 3. The van der Waals surface area contributed by atoms with E-state index in [4.69, 9.17) is 0 Å². The summed E-state index contributed by atoms with van der Waals surface area (Å²) in [6.07, 6.45) is -10.5. The predicted molar refractivity (Wildman–Crippen MR) is 67.1 cm³/mol. The molecule has 0 aliphatic heterocycles. The van der Waals surface area contributed by atoms with Crippen LogP contribution in [-0.4, -0.2) is 32.5 Å². The van der Waals surface area contributed by atoms with Gasteiger partial charge in [0, 0.05) is 17.7 Å². The van der Waals surface area contributed by atoms with Gasteiger partial charge in [0.05, 0.1) is 11.9 Å². The second-order valence-corrected chi connectivity index (χ2v) is 4.72. The van der Waals surface area contributed by atoms with Crippen molar-refractivity contribution in [3.05, 3.63) is 36.0 Å². The monoisotopic (exact) mass is 339 g/mol. The Morgan fingerprint density at radius 1 is 1.00 bits per heavy atom. The fraction of sp³-hybridized carbons (Fsp3) is 0.385. The van der Waals surface area contributed by atoms with Gasteiger partial charge in [0.25, 0.3) is 5.60 Å². The largest absolute Gasteiger partial charge is 0.430 e. The molecule has 0 amide bonds. The van der Waals surface area contributed by atoms with Gasteiger partial charge in [-0.2, -0.15) is 26.3 Å². The third-order valence-corrected chi connectivity index (χ3v) is 3.34. The summed E-state index contributed by atoms with van der Waals surface area (Å²) in [6.45, 7) is 2.17. The van der Waals surface area contributed by atoms with E-state index in [9.17, 15) is 31.4 Å². The van der Waals surface area contributed by atoms with E-state index in [1.165, 1.54) is 10.9 Å². The molecule has 0 fully saturated rings. The molecule has 0 atom stereocenters. The molecule has 4 nitrogen and oxygen atoms in total. The Kier molecular flexibility index (Phi) is 4.14. The second kappa shape index (κ2) is 5.52. The molecule has 0 radical (unpaired) electrons. The molecule has 0 spiro atoms. The lowest BCUT2D eigenvalue weighted by Gasteiger charge is -2.32.